The molecule has 2 atom stereocenters. The Bertz CT molecular complexity index is 655. The van der Waals surface area contributed by atoms with Crippen molar-refractivity contribution in [3.63, 3.8) is 0 Å². The average molecular weight is 338 g/mol. The SMILES string of the molecule is C[C@@H](OCCO)C1=CC=C[C@@H]1P(c1ccccc1)c1ccccc1. The lowest BCUT2D eigenvalue weighted by molar-refractivity contribution is 0.0578. The summed E-state index contributed by atoms with van der Waals surface area (Å²) in [6.45, 7) is 2.51. The molecule has 0 fully saturated rings. The molecule has 0 radical (unpaired) electrons. The Morgan fingerprint density at radius 3 is 2.12 bits per heavy atom. The lowest BCUT2D eigenvalue weighted by atomic mass is 10.1. The van der Waals surface area contributed by atoms with Crippen LogP contribution in [0.4, 0.5) is 0 Å². The molecule has 1 aliphatic rings. The Hall–Kier alpha value is -1.73. The van der Waals surface area contributed by atoms with E-state index in [1.807, 2.05) is 0 Å². The van der Waals surface area contributed by atoms with Gasteiger partial charge < -0.3 is 9.84 Å². The van der Waals surface area contributed by atoms with Crippen molar-refractivity contribution in [2.24, 2.45) is 0 Å². The van der Waals surface area contributed by atoms with Crippen LogP contribution in [0.15, 0.2) is 84.5 Å². The molecule has 0 aliphatic heterocycles. The highest BCUT2D eigenvalue weighted by Gasteiger charge is 2.30. The minimum atomic E-state index is -0.536. The summed E-state index contributed by atoms with van der Waals surface area (Å²) in [6.07, 6.45) is 6.61. The minimum absolute atomic E-state index is 0.00887. The van der Waals surface area contributed by atoms with Crippen molar-refractivity contribution in [2.75, 3.05) is 13.2 Å². The molecule has 0 aromatic heterocycles. The summed E-state index contributed by atoms with van der Waals surface area (Å²) in [5.41, 5.74) is 1.63. The Morgan fingerprint density at radius 1 is 1.00 bits per heavy atom. The second kappa shape index (κ2) is 8.39. The van der Waals surface area contributed by atoms with Crippen LogP contribution >= 0.6 is 7.92 Å². The molecular weight excluding hydrogens is 315 g/mol. The maximum absolute atomic E-state index is 9.03. The van der Waals surface area contributed by atoms with E-state index >= 15 is 0 Å². The van der Waals surface area contributed by atoms with Crippen LogP contribution in [0.5, 0.6) is 0 Å². The van der Waals surface area contributed by atoms with E-state index in [9.17, 15) is 0 Å². The number of rotatable bonds is 7. The zero-order chi connectivity index (χ0) is 16.8. The van der Waals surface area contributed by atoms with Gasteiger partial charge in [-0.2, -0.15) is 0 Å². The number of hydrogen-bond donors (Lipinski definition) is 1. The van der Waals surface area contributed by atoms with E-state index in [1.54, 1.807) is 0 Å². The molecular formula is C21H23O2P. The van der Waals surface area contributed by atoms with Crippen molar-refractivity contribution in [3.05, 3.63) is 84.5 Å². The highest BCUT2D eigenvalue weighted by atomic mass is 31.1. The zero-order valence-corrected chi connectivity index (χ0v) is 14.8. The van der Waals surface area contributed by atoms with Gasteiger partial charge in [0.2, 0.25) is 0 Å². The molecule has 0 amide bonds. The van der Waals surface area contributed by atoms with Crippen LogP contribution in [0.1, 0.15) is 6.92 Å². The second-order valence-electron chi connectivity index (χ2n) is 5.77. The third-order valence-electron chi connectivity index (χ3n) is 4.20. The molecule has 0 unspecified atom stereocenters. The van der Waals surface area contributed by atoms with E-state index in [0.29, 0.717) is 12.3 Å². The first-order valence-corrected chi connectivity index (χ1v) is 9.72. The quantitative estimate of drug-likeness (QED) is 0.784. The largest absolute Gasteiger partial charge is 0.394 e. The third-order valence-corrected chi connectivity index (χ3v) is 6.93. The van der Waals surface area contributed by atoms with Gasteiger partial charge in [-0.15, -0.1) is 0 Å². The van der Waals surface area contributed by atoms with Gasteiger partial charge in [-0.25, -0.2) is 0 Å². The number of ether oxygens (including phenoxy) is 1. The lowest BCUT2D eigenvalue weighted by Crippen LogP contribution is -2.26. The molecule has 1 N–H and O–H groups in total. The fourth-order valence-electron chi connectivity index (χ4n) is 3.07. The first kappa shape index (κ1) is 17.1. The maximum Gasteiger partial charge on any atom is 0.0770 e. The van der Waals surface area contributed by atoms with Gasteiger partial charge in [0.05, 0.1) is 19.3 Å². The Labute approximate surface area is 145 Å². The van der Waals surface area contributed by atoms with Gasteiger partial charge in [0.25, 0.3) is 0 Å². The van der Waals surface area contributed by atoms with E-state index in [-0.39, 0.29) is 12.7 Å². The smallest absolute Gasteiger partial charge is 0.0770 e. The van der Waals surface area contributed by atoms with Crippen LogP contribution in [-0.4, -0.2) is 30.1 Å². The first-order chi connectivity index (χ1) is 11.8. The van der Waals surface area contributed by atoms with E-state index < -0.39 is 7.92 Å². The number of aliphatic hydroxyl groups is 1. The Balaban J connectivity index is 1.94. The summed E-state index contributed by atoms with van der Waals surface area (Å²) in [6, 6.07) is 21.5. The first-order valence-electron chi connectivity index (χ1n) is 8.31. The second-order valence-corrected chi connectivity index (χ2v) is 8.10. The summed E-state index contributed by atoms with van der Waals surface area (Å²) < 4.78 is 5.78. The van der Waals surface area contributed by atoms with Crippen molar-refractivity contribution in [1.29, 1.82) is 0 Å². The zero-order valence-electron chi connectivity index (χ0n) is 13.9. The minimum Gasteiger partial charge on any atom is -0.394 e. The molecule has 2 aromatic rings. The number of hydrogen-bond acceptors (Lipinski definition) is 2. The molecule has 0 heterocycles. The van der Waals surface area contributed by atoms with Gasteiger partial charge in [-0.3, -0.25) is 0 Å². The topological polar surface area (TPSA) is 29.5 Å². The van der Waals surface area contributed by atoms with Crippen LogP contribution in [-0.2, 0) is 4.74 Å². The van der Waals surface area contributed by atoms with Gasteiger partial charge in [-0.05, 0) is 31.0 Å². The van der Waals surface area contributed by atoms with Gasteiger partial charge >= 0.3 is 0 Å². The third kappa shape index (κ3) is 3.84. The van der Waals surface area contributed by atoms with Crippen LogP contribution in [0, 0.1) is 0 Å². The molecule has 2 nitrogen and oxygen atoms in total. The standard InChI is InChI=1S/C21H23O2P/c1-17(23-16-15-22)20-13-8-14-21(20)24(18-9-4-2-5-10-18)19-11-6-3-7-12-19/h2-14,17,21-22H,15-16H2,1H3/t17-,21+/m1/s1. The van der Waals surface area contributed by atoms with Crippen LogP contribution in [0.3, 0.4) is 0 Å². The van der Waals surface area contributed by atoms with Crippen molar-refractivity contribution in [1.82, 2.24) is 0 Å². The van der Waals surface area contributed by atoms with Gasteiger partial charge in [0.1, 0.15) is 0 Å². The lowest BCUT2D eigenvalue weighted by Gasteiger charge is -2.29. The number of allylic oxidation sites excluding steroid dienone is 3. The monoisotopic (exact) mass is 338 g/mol. The van der Waals surface area contributed by atoms with E-state index in [0.717, 1.165) is 0 Å². The molecule has 3 heteroatoms. The van der Waals surface area contributed by atoms with Crippen LogP contribution in [0.2, 0.25) is 0 Å². The van der Waals surface area contributed by atoms with Gasteiger partial charge in [0, 0.05) is 5.66 Å². The summed E-state index contributed by atoms with van der Waals surface area (Å²) in [7, 11) is -0.536. The number of benzene rings is 2. The molecule has 24 heavy (non-hydrogen) atoms. The Kier molecular flexibility index (Phi) is 5.98. The molecule has 0 spiro atoms. The predicted molar refractivity (Wildman–Crippen MR) is 103 cm³/mol. The molecule has 2 aromatic carbocycles. The summed E-state index contributed by atoms with van der Waals surface area (Å²) in [4.78, 5) is 0. The highest BCUT2D eigenvalue weighted by molar-refractivity contribution is 7.74. The Morgan fingerprint density at radius 2 is 1.58 bits per heavy atom. The van der Waals surface area contributed by atoms with Gasteiger partial charge in [0.15, 0.2) is 0 Å². The maximum atomic E-state index is 9.03. The summed E-state index contributed by atoms with van der Waals surface area (Å²) >= 11 is 0. The molecule has 124 valence electrons. The van der Waals surface area contributed by atoms with Crippen LogP contribution < -0.4 is 10.6 Å². The molecule has 0 bridgehead atoms. The fourth-order valence-corrected chi connectivity index (χ4v) is 5.86. The summed E-state index contributed by atoms with van der Waals surface area (Å²) in [5, 5.41) is 11.8. The molecule has 0 saturated carbocycles. The predicted octanol–water partition coefficient (Wildman–Crippen LogP) is 3.38. The van der Waals surface area contributed by atoms with E-state index in [1.165, 1.54) is 16.2 Å². The van der Waals surface area contributed by atoms with Gasteiger partial charge in [-0.1, -0.05) is 78.9 Å². The van der Waals surface area contributed by atoms with Crippen molar-refractivity contribution >= 4 is 18.5 Å². The van der Waals surface area contributed by atoms with Crippen LogP contribution in [0.25, 0.3) is 0 Å². The molecule has 1 aliphatic carbocycles. The average Bonchev–Trinajstić information content (AvgIpc) is 3.11. The molecule has 3 rings (SSSR count). The van der Waals surface area contributed by atoms with E-state index in [2.05, 4.69) is 85.8 Å². The molecule has 0 saturated heterocycles. The van der Waals surface area contributed by atoms with E-state index in [4.69, 9.17) is 9.84 Å². The van der Waals surface area contributed by atoms with Crippen molar-refractivity contribution in [2.45, 2.75) is 18.7 Å². The number of aliphatic hydroxyl groups excluding tert-OH is 1. The van der Waals surface area contributed by atoms with Crippen molar-refractivity contribution in [3.8, 4) is 0 Å². The fraction of sp³-hybridized carbons (Fsp3) is 0.238. The summed E-state index contributed by atoms with van der Waals surface area (Å²) in [5.74, 6) is 0. The highest BCUT2D eigenvalue weighted by Crippen LogP contribution is 2.46. The van der Waals surface area contributed by atoms with Crippen molar-refractivity contribution < 1.29 is 9.84 Å². The normalized spacial score (nSPS) is 18.0.